The lowest BCUT2D eigenvalue weighted by Crippen LogP contribution is -2.44. The first-order chi connectivity index (χ1) is 12.2. The van der Waals surface area contributed by atoms with Crippen molar-refractivity contribution in [1.29, 1.82) is 0 Å². The van der Waals surface area contributed by atoms with Crippen molar-refractivity contribution in [2.75, 3.05) is 6.54 Å². The lowest BCUT2D eigenvalue weighted by molar-refractivity contribution is 0.0604. The fourth-order valence-electron chi connectivity index (χ4n) is 3.87. The van der Waals surface area contributed by atoms with Crippen LogP contribution in [0.5, 0.6) is 0 Å². The second-order valence-electron chi connectivity index (χ2n) is 6.70. The number of nitrogens with zero attached hydrogens (tertiary/aromatic N) is 1. The van der Waals surface area contributed by atoms with E-state index in [0.29, 0.717) is 12.1 Å². The van der Waals surface area contributed by atoms with Crippen LogP contribution in [0.1, 0.15) is 43.0 Å². The lowest BCUT2D eigenvalue weighted by Gasteiger charge is -2.35. The van der Waals surface area contributed by atoms with Crippen molar-refractivity contribution < 1.29 is 9.21 Å². The Balaban J connectivity index is 1.86. The number of carbonyl (C=O) groups excluding carboxylic acids is 1. The SMILES string of the molecule is CC[C@@H]1CCCCN1C(=O)c1cc2c(ccc3ccccc32)oc1=O. The maximum atomic E-state index is 13.0. The zero-order valence-electron chi connectivity index (χ0n) is 14.3. The van der Waals surface area contributed by atoms with Gasteiger partial charge in [0.15, 0.2) is 0 Å². The van der Waals surface area contributed by atoms with Gasteiger partial charge in [0.25, 0.3) is 5.91 Å². The molecule has 128 valence electrons. The number of piperidine rings is 1. The molecule has 0 bridgehead atoms. The molecule has 3 aromatic rings. The number of hydrogen-bond acceptors (Lipinski definition) is 3. The van der Waals surface area contributed by atoms with E-state index in [2.05, 4.69) is 6.92 Å². The number of hydrogen-bond donors (Lipinski definition) is 0. The van der Waals surface area contributed by atoms with E-state index in [4.69, 9.17) is 4.42 Å². The van der Waals surface area contributed by atoms with Gasteiger partial charge in [-0.05, 0) is 48.6 Å². The second kappa shape index (κ2) is 6.36. The Kier molecular flexibility index (Phi) is 4.04. The highest BCUT2D eigenvalue weighted by Crippen LogP contribution is 2.26. The normalized spacial score (nSPS) is 18.0. The van der Waals surface area contributed by atoms with E-state index in [1.54, 1.807) is 12.1 Å². The molecule has 0 spiro atoms. The summed E-state index contributed by atoms with van der Waals surface area (Å²) in [5.41, 5.74) is 0.114. The molecule has 0 N–H and O–H groups in total. The van der Waals surface area contributed by atoms with Gasteiger partial charge in [0.05, 0.1) is 0 Å². The fourth-order valence-corrected chi connectivity index (χ4v) is 3.87. The molecule has 4 rings (SSSR count). The minimum absolute atomic E-state index is 0.143. The predicted molar refractivity (Wildman–Crippen MR) is 99.0 cm³/mol. The van der Waals surface area contributed by atoms with Crippen LogP contribution in [0.25, 0.3) is 21.7 Å². The van der Waals surface area contributed by atoms with Crippen LogP contribution < -0.4 is 5.63 Å². The number of likely N-dealkylation sites (tertiary alicyclic amines) is 1. The quantitative estimate of drug-likeness (QED) is 0.517. The molecule has 1 amide bonds. The highest BCUT2D eigenvalue weighted by atomic mass is 16.4. The fraction of sp³-hybridized carbons (Fsp3) is 0.333. The minimum Gasteiger partial charge on any atom is -0.422 e. The standard InChI is InChI=1S/C21H21NO3/c1-2-15-8-5-6-12-22(15)20(23)18-13-17-16-9-4-3-7-14(16)10-11-19(17)25-21(18)24/h3-4,7,9-11,13,15H,2,5-6,8,12H2,1H3/t15-/m1/s1. The third kappa shape index (κ3) is 2.72. The molecule has 0 aliphatic carbocycles. The molecule has 4 nitrogen and oxygen atoms in total. The summed E-state index contributed by atoms with van der Waals surface area (Å²) < 4.78 is 5.48. The van der Waals surface area contributed by atoms with Gasteiger partial charge in [0.2, 0.25) is 0 Å². The van der Waals surface area contributed by atoms with E-state index in [-0.39, 0.29) is 17.5 Å². The Morgan fingerprint density at radius 1 is 1.16 bits per heavy atom. The van der Waals surface area contributed by atoms with Gasteiger partial charge < -0.3 is 9.32 Å². The highest BCUT2D eigenvalue weighted by molar-refractivity contribution is 6.07. The summed E-state index contributed by atoms with van der Waals surface area (Å²) in [6.07, 6.45) is 4.04. The van der Waals surface area contributed by atoms with E-state index in [0.717, 1.165) is 41.8 Å². The summed E-state index contributed by atoms with van der Waals surface area (Å²) in [7, 11) is 0. The molecule has 0 unspecified atom stereocenters. The van der Waals surface area contributed by atoms with E-state index < -0.39 is 5.63 Å². The summed E-state index contributed by atoms with van der Waals surface area (Å²) in [4.78, 5) is 27.3. The van der Waals surface area contributed by atoms with Gasteiger partial charge in [-0.25, -0.2) is 4.79 Å². The van der Waals surface area contributed by atoms with E-state index in [1.807, 2.05) is 35.2 Å². The number of amides is 1. The molecule has 4 heteroatoms. The second-order valence-corrected chi connectivity index (χ2v) is 6.70. The molecule has 1 atom stereocenters. The monoisotopic (exact) mass is 335 g/mol. The first-order valence-corrected chi connectivity index (χ1v) is 8.95. The highest BCUT2D eigenvalue weighted by Gasteiger charge is 2.28. The van der Waals surface area contributed by atoms with Crippen LogP contribution >= 0.6 is 0 Å². The zero-order chi connectivity index (χ0) is 17.4. The van der Waals surface area contributed by atoms with Crippen molar-refractivity contribution in [3.05, 3.63) is 58.4 Å². The van der Waals surface area contributed by atoms with Crippen LogP contribution in [0, 0.1) is 0 Å². The molecule has 1 saturated heterocycles. The zero-order valence-corrected chi connectivity index (χ0v) is 14.3. The molecule has 2 aromatic carbocycles. The molecule has 1 aromatic heterocycles. The maximum Gasteiger partial charge on any atom is 0.349 e. The smallest absolute Gasteiger partial charge is 0.349 e. The third-order valence-electron chi connectivity index (χ3n) is 5.23. The van der Waals surface area contributed by atoms with Crippen LogP contribution in [0.2, 0.25) is 0 Å². The molecule has 1 fully saturated rings. The van der Waals surface area contributed by atoms with Crippen molar-refractivity contribution >= 4 is 27.6 Å². The Labute approximate surface area is 146 Å². The van der Waals surface area contributed by atoms with Gasteiger partial charge in [-0.3, -0.25) is 4.79 Å². The Morgan fingerprint density at radius 3 is 2.84 bits per heavy atom. The molecular formula is C21H21NO3. The predicted octanol–water partition coefficient (Wildman–Crippen LogP) is 4.35. The summed E-state index contributed by atoms with van der Waals surface area (Å²) >= 11 is 0. The maximum absolute atomic E-state index is 13.0. The first kappa shape index (κ1) is 15.9. The molecule has 1 aliphatic heterocycles. The summed E-state index contributed by atoms with van der Waals surface area (Å²) in [5.74, 6) is -0.199. The van der Waals surface area contributed by atoms with E-state index >= 15 is 0 Å². The Hall–Kier alpha value is -2.62. The van der Waals surface area contributed by atoms with Crippen molar-refractivity contribution in [3.8, 4) is 0 Å². The third-order valence-corrected chi connectivity index (χ3v) is 5.23. The van der Waals surface area contributed by atoms with Crippen LogP contribution in [0.3, 0.4) is 0 Å². The average molecular weight is 335 g/mol. The van der Waals surface area contributed by atoms with Gasteiger partial charge in [0, 0.05) is 18.0 Å². The Bertz CT molecular complexity index is 1000. The topological polar surface area (TPSA) is 50.5 Å². The number of benzene rings is 2. The summed E-state index contributed by atoms with van der Waals surface area (Å²) in [5, 5.41) is 2.86. The summed E-state index contributed by atoms with van der Waals surface area (Å²) in [6, 6.07) is 13.6. The number of carbonyl (C=O) groups is 1. The van der Waals surface area contributed by atoms with Crippen LogP contribution in [0.15, 0.2) is 51.7 Å². The largest absolute Gasteiger partial charge is 0.422 e. The van der Waals surface area contributed by atoms with Gasteiger partial charge in [-0.2, -0.15) is 0 Å². The van der Waals surface area contributed by atoms with Gasteiger partial charge in [-0.15, -0.1) is 0 Å². The van der Waals surface area contributed by atoms with Crippen molar-refractivity contribution in [2.24, 2.45) is 0 Å². The molecule has 1 aliphatic rings. The van der Waals surface area contributed by atoms with Crippen molar-refractivity contribution in [2.45, 2.75) is 38.6 Å². The summed E-state index contributed by atoms with van der Waals surface area (Å²) in [6.45, 7) is 2.80. The van der Waals surface area contributed by atoms with E-state index in [1.165, 1.54) is 0 Å². The van der Waals surface area contributed by atoms with Gasteiger partial charge in [0.1, 0.15) is 11.1 Å². The van der Waals surface area contributed by atoms with Crippen molar-refractivity contribution in [3.63, 3.8) is 0 Å². The first-order valence-electron chi connectivity index (χ1n) is 8.95. The van der Waals surface area contributed by atoms with Crippen molar-refractivity contribution in [1.82, 2.24) is 4.90 Å². The minimum atomic E-state index is -0.548. The molecule has 0 saturated carbocycles. The average Bonchev–Trinajstić information content (AvgIpc) is 2.66. The molecule has 2 heterocycles. The molecule has 25 heavy (non-hydrogen) atoms. The van der Waals surface area contributed by atoms with E-state index in [9.17, 15) is 9.59 Å². The van der Waals surface area contributed by atoms with Gasteiger partial charge in [-0.1, -0.05) is 37.3 Å². The molecule has 0 radical (unpaired) electrons. The van der Waals surface area contributed by atoms with Gasteiger partial charge >= 0.3 is 5.63 Å². The number of fused-ring (bicyclic) bond motifs is 3. The lowest BCUT2D eigenvalue weighted by atomic mass is 9.98. The number of rotatable bonds is 2. The molecular weight excluding hydrogens is 314 g/mol. The van der Waals surface area contributed by atoms with Crippen LogP contribution in [-0.4, -0.2) is 23.4 Å². The Morgan fingerprint density at radius 2 is 2.00 bits per heavy atom. The van der Waals surface area contributed by atoms with Crippen LogP contribution in [-0.2, 0) is 0 Å². The van der Waals surface area contributed by atoms with Crippen LogP contribution in [0.4, 0.5) is 0 Å².